The summed E-state index contributed by atoms with van der Waals surface area (Å²) in [6, 6.07) is 16.7. The van der Waals surface area contributed by atoms with Gasteiger partial charge in [-0.05, 0) is 73.5 Å². The Morgan fingerprint density at radius 3 is 2.78 bits per heavy atom. The maximum atomic E-state index is 13.8. The first-order valence-electron chi connectivity index (χ1n) is 12.7. The monoisotopic (exact) mass is 538 g/mol. The zero-order valence-corrected chi connectivity index (χ0v) is 22.5. The second-order valence-corrected chi connectivity index (χ2v) is 11.0. The van der Waals surface area contributed by atoms with Gasteiger partial charge in [-0.15, -0.1) is 11.3 Å². The number of halogens is 1. The molecule has 3 aromatic rings. The van der Waals surface area contributed by atoms with E-state index in [0.717, 1.165) is 36.1 Å². The lowest BCUT2D eigenvalue weighted by Crippen LogP contribution is -2.49. The molecule has 2 unspecified atom stereocenters. The van der Waals surface area contributed by atoms with E-state index >= 15 is 0 Å². The highest BCUT2D eigenvalue weighted by atomic mass is 35.5. The number of fused-ring (bicyclic) bond motifs is 1. The van der Waals surface area contributed by atoms with Crippen molar-refractivity contribution in [2.75, 3.05) is 32.8 Å². The fourth-order valence-electron chi connectivity index (χ4n) is 5.00. The highest BCUT2D eigenvalue weighted by Gasteiger charge is 2.34. The lowest BCUT2D eigenvalue weighted by atomic mass is 10.00. The van der Waals surface area contributed by atoms with E-state index < -0.39 is 0 Å². The number of amides is 2. The van der Waals surface area contributed by atoms with Gasteiger partial charge in [-0.2, -0.15) is 0 Å². The summed E-state index contributed by atoms with van der Waals surface area (Å²) in [7, 11) is 0. The van der Waals surface area contributed by atoms with Gasteiger partial charge in [0.15, 0.2) is 0 Å². The molecule has 0 saturated carbocycles. The van der Waals surface area contributed by atoms with Crippen molar-refractivity contribution in [1.29, 1.82) is 0 Å². The Morgan fingerprint density at radius 1 is 1.19 bits per heavy atom. The number of carbonyl (C=O) groups is 2. The lowest BCUT2D eigenvalue weighted by Gasteiger charge is -2.37. The fourth-order valence-corrected chi connectivity index (χ4v) is 6.11. The molecule has 2 aromatic carbocycles. The van der Waals surface area contributed by atoms with Crippen LogP contribution in [-0.2, 0) is 16.0 Å². The molecule has 2 amide bonds. The van der Waals surface area contributed by atoms with Crippen LogP contribution < -0.4 is 4.74 Å². The number of nitrogens with zero attached hydrogens (tertiary/aromatic N) is 2. The summed E-state index contributed by atoms with van der Waals surface area (Å²) >= 11 is 7.88. The quantitative estimate of drug-likeness (QED) is 0.378. The van der Waals surface area contributed by atoms with Crippen molar-refractivity contribution in [2.45, 2.75) is 38.3 Å². The van der Waals surface area contributed by atoms with Crippen LogP contribution in [0, 0.1) is 6.92 Å². The Morgan fingerprint density at radius 2 is 2.03 bits per heavy atom. The molecule has 1 saturated heterocycles. The molecule has 3 heterocycles. The number of hydrogen-bond donors (Lipinski definition) is 0. The number of carbonyl (C=O) groups excluding carboxylic acids is 2. The predicted octanol–water partition coefficient (Wildman–Crippen LogP) is 5.54. The highest BCUT2D eigenvalue weighted by molar-refractivity contribution is 7.10. The molecular weight excluding hydrogens is 508 g/mol. The third-order valence-electron chi connectivity index (χ3n) is 6.98. The average Bonchev–Trinajstić information content (AvgIpc) is 3.59. The normalized spacial score (nSPS) is 18.9. The Labute approximate surface area is 226 Å². The Bertz CT molecular complexity index is 1240. The van der Waals surface area contributed by atoms with Crippen LogP contribution in [0.2, 0.25) is 5.02 Å². The van der Waals surface area contributed by atoms with E-state index in [4.69, 9.17) is 21.1 Å². The van der Waals surface area contributed by atoms with E-state index in [1.807, 2.05) is 36.1 Å². The molecule has 5 rings (SSSR count). The van der Waals surface area contributed by atoms with E-state index in [9.17, 15) is 9.59 Å². The second kappa shape index (κ2) is 11.7. The van der Waals surface area contributed by atoms with E-state index in [1.54, 1.807) is 40.5 Å². The van der Waals surface area contributed by atoms with Gasteiger partial charge in [0, 0.05) is 35.2 Å². The van der Waals surface area contributed by atoms with Crippen LogP contribution in [0.4, 0.5) is 0 Å². The molecular formula is C29H31ClN2O4S. The third kappa shape index (κ3) is 6.17. The smallest absolute Gasteiger partial charge is 0.254 e. The minimum atomic E-state index is -0.216. The molecule has 194 valence electrons. The molecule has 0 spiro atoms. The molecule has 37 heavy (non-hydrogen) atoms. The SMILES string of the molecule is Cc1ccc(OCC2c3ccsc3CCN2C(=O)CN(CC2CCCO2)C(=O)c2cccc(Cl)c2)cc1. The van der Waals surface area contributed by atoms with Gasteiger partial charge < -0.3 is 19.3 Å². The number of aryl methyl sites for hydroxylation is 1. The van der Waals surface area contributed by atoms with Crippen molar-refractivity contribution in [1.82, 2.24) is 9.80 Å². The standard InChI is InChI=1S/C29H31ClN2O4S/c1-20-7-9-23(10-8-20)36-19-26-25-12-15-37-27(25)11-13-32(26)28(33)18-31(17-24-6-3-14-35-24)29(34)21-4-2-5-22(30)16-21/h2,4-5,7-10,12,15-16,24,26H,3,6,11,13-14,17-19H2,1H3. The number of thiophene rings is 1. The van der Waals surface area contributed by atoms with Gasteiger partial charge >= 0.3 is 0 Å². The van der Waals surface area contributed by atoms with Crippen molar-refractivity contribution >= 4 is 34.8 Å². The molecule has 8 heteroatoms. The van der Waals surface area contributed by atoms with Crippen molar-refractivity contribution < 1.29 is 19.1 Å². The molecule has 1 fully saturated rings. The summed E-state index contributed by atoms with van der Waals surface area (Å²) in [5.74, 6) is 0.464. The zero-order chi connectivity index (χ0) is 25.8. The van der Waals surface area contributed by atoms with Crippen LogP contribution in [0.5, 0.6) is 5.75 Å². The summed E-state index contributed by atoms with van der Waals surface area (Å²) in [4.78, 5) is 32.1. The molecule has 0 bridgehead atoms. The first kappa shape index (κ1) is 25.8. The van der Waals surface area contributed by atoms with E-state index in [0.29, 0.717) is 36.9 Å². The van der Waals surface area contributed by atoms with Crippen LogP contribution in [-0.4, -0.2) is 60.6 Å². The maximum absolute atomic E-state index is 13.8. The maximum Gasteiger partial charge on any atom is 0.254 e. The van der Waals surface area contributed by atoms with Crippen molar-refractivity contribution in [3.8, 4) is 5.75 Å². The van der Waals surface area contributed by atoms with E-state index in [1.165, 1.54) is 4.88 Å². The minimum absolute atomic E-state index is 0.0221. The third-order valence-corrected chi connectivity index (χ3v) is 8.21. The molecule has 0 aliphatic carbocycles. The molecule has 0 N–H and O–H groups in total. The van der Waals surface area contributed by atoms with Crippen LogP contribution in [0.25, 0.3) is 0 Å². The molecule has 2 aliphatic heterocycles. The van der Waals surface area contributed by atoms with Gasteiger partial charge in [-0.1, -0.05) is 35.4 Å². The number of hydrogen-bond acceptors (Lipinski definition) is 5. The number of ether oxygens (including phenoxy) is 2. The first-order valence-corrected chi connectivity index (χ1v) is 14.0. The molecule has 6 nitrogen and oxygen atoms in total. The predicted molar refractivity (Wildman–Crippen MR) is 145 cm³/mol. The van der Waals surface area contributed by atoms with Crippen LogP contribution in [0.3, 0.4) is 0 Å². The van der Waals surface area contributed by atoms with Gasteiger partial charge in [-0.3, -0.25) is 9.59 Å². The second-order valence-electron chi connectivity index (χ2n) is 9.61. The number of rotatable bonds is 8. The van der Waals surface area contributed by atoms with Gasteiger partial charge in [0.05, 0.1) is 12.1 Å². The highest BCUT2D eigenvalue weighted by Crippen LogP contribution is 2.34. The molecule has 1 aromatic heterocycles. The van der Waals surface area contributed by atoms with Gasteiger partial charge in [-0.25, -0.2) is 0 Å². The van der Waals surface area contributed by atoms with E-state index in [2.05, 4.69) is 11.4 Å². The summed E-state index contributed by atoms with van der Waals surface area (Å²) in [6.07, 6.45) is 2.57. The lowest BCUT2D eigenvalue weighted by molar-refractivity contribution is -0.135. The summed E-state index contributed by atoms with van der Waals surface area (Å²) in [6.45, 7) is 4.02. The van der Waals surface area contributed by atoms with Crippen LogP contribution in [0.15, 0.2) is 60.0 Å². The van der Waals surface area contributed by atoms with Gasteiger partial charge in [0.1, 0.15) is 18.9 Å². The first-order chi connectivity index (χ1) is 18.0. The molecule has 0 radical (unpaired) electrons. The van der Waals surface area contributed by atoms with Crippen molar-refractivity contribution in [2.24, 2.45) is 0 Å². The average molecular weight is 539 g/mol. The summed E-state index contributed by atoms with van der Waals surface area (Å²) in [5, 5.41) is 2.56. The van der Waals surface area contributed by atoms with Crippen LogP contribution >= 0.6 is 22.9 Å². The topological polar surface area (TPSA) is 59.1 Å². The Kier molecular flexibility index (Phi) is 8.13. The number of benzene rings is 2. The van der Waals surface area contributed by atoms with Crippen LogP contribution in [0.1, 0.15) is 45.2 Å². The Balaban J connectivity index is 1.35. The zero-order valence-electron chi connectivity index (χ0n) is 20.9. The minimum Gasteiger partial charge on any atom is -0.491 e. The Hall–Kier alpha value is -2.87. The summed E-state index contributed by atoms with van der Waals surface area (Å²) < 4.78 is 12.0. The van der Waals surface area contributed by atoms with Gasteiger partial charge in [0.2, 0.25) is 5.91 Å². The fraction of sp³-hybridized carbons (Fsp3) is 0.379. The summed E-state index contributed by atoms with van der Waals surface area (Å²) in [5.41, 5.74) is 2.76. The van der Waals surface area contributed by atoms with Gasteiger partial charge in [0.25, 0.3) is 5.91 Å². The van der Waals surface area contributed by atoms with Crippen molar-refractivity contribution in [3.63, 3.8) is 0 Å². The van der Waals surface area contributed by atoms with Crippen molar-refractivity contribution in [3.05, 3.63) is 86.6 Å². The largest absolute Gasteiger partial charge is 0.491 e. The molecule has 2 aliphatic rings. The molecule has 2 atom stereocenters. The van der Waals surface area contributed by atoms with E-state index in [-0.39, 0.29) is 30.5 Å².